The zero-order valence-electron chi connectivity index (χ0n) is 15.0. The Bertz CT molecular complexity index is 980. The van der Waals surface area contributed by atoms with Crippen LogP contribution in [-0.2, 0) is 16.1 Å². The van der Waals surface area contributed by atoms with E-state index in [4.69, 9.17) is 4.74 Å². The molecule has 0 saturated carbocycles. The molecule has 8 nitrogen and oxygen atoms in total. The lowest BCUT2D eigenvalue weighted by Gasteiger charge is -2.19. The van der Waals surface area contributed by atoms with Crippen molar-refractivity contribution in [2.45, 2.75) is 19.6 Å². The number of pyridine rings is 1. The molecule has 0 radical (unpaired) electrons. The van der Waals surface area contributed by atoms with Crippen molar-refractivity contribution >= 4 is 29.3 Å². The summed E-state index contributed by atoms with van der Waals surface area (Å²) in [6, 6.07) is 7.54. The molecule has 1 N–H and O–H groups in total. The summed E-state index contributed by atoms with van der Waals surface area (Å²) < 4.78 is 20.0. The van der Waals surface area contributed by atoms with Gasteiger partial charge in [-0.1, -0.05) is 0 Å². The monoisotopic (exact) mass is 384 g/mol. The molecule has 0 aliphatic carbocycles. The molecule has 28 heavy (non-hydrogen) atoms. The Balaban J connectivity index is 1.52. The van der Waals surface area contributed by atoms with E-state index in [1.807, 2.05) is 0 Å². The van der Waals surface area contributed by atoms with Crippen LogP contribution < -0.4 is 15.1 Å². The van der Waals surface area contributed by atoms with Gasteiger partial charge in [-0.2, -0.15) is 0 Å². The van der Waals surface area contributed by atoms with Gasteiger partial charge in [-0.25, -0.2) is 9.18 Å². The number of fused-ring (bicyclic) bond motifs is 1. The van der Waals surface area contributed by atoms with E-state index >= 15 is 0 Å². The molecule has 2 aromatic rings. The van der Waals surface area contributed by atoms with Gasteiger partial charge >= 0.3 is 6.09 Å². The second-order valence-electron chi connectivity index (χ2n) is 6.58. The van der Waals surface area contributed by atoms with Gasteiger partial charge in [-0.3, -0.25) is 24.4 Å². The van der Waals surface area contributed by atoms with E-state index in [2.05, 4.69) is 10.3 Å². The van der Waals surface area contributed by atoms with E-state index in [0.717, 1.165) is 0 Å². The lowest BCUT2D eigenvalue weighted by atomic mass is 10.2. The zero-order chi connectivity index (χ0) is 19.8. The molecule has 3 heterocycles. The summed E-state index contributed by atoms with van der Waals surface area (Å²) >= 11 is 0. The summed E-state index contributed by atoms with van der Waals surface area (Å²) in [6.45, 7) is 1.94. The first-order chi connectivity index (χ1) is 13.4. The van der Waals surface area contributed by atoms with Gasteiger partial charge in [0.15, 0.2) is 0 Å². The van der Waals surface area contributed by atoms with Crippen molar-refractivity contribution in [2.24, 2.45) is 0 Å². The second kappa shape index (κ2) is 6.91. The number of rotatable bonds is 4. The van der Waals surface area contributed by atoms with E-state index in [1.165, 1.54) is 28.9 Å². The number of carbonyl (C=O) groups excluding carboxylic acids is 3. The Morgan fingerprint density at radius 3 is 2.86 bits per heavy atom. The van der Waals surface area contributed by atoms with Gasteiger partial charge in [0.25, 0.3) is 5.91 Å². The minimum atomic E-state index is -0.628. The number of anilines is 2. The van der Waals surface area contributed by atoms with Crippen LogP contribution in [-0.4, -0.2) is 42.1 Å². The van der Waals surface area contributed by atoms with Crippen molar-refractivity contribution in [1.82, 2.24) is 10.3 Å². The number of ether oxygens (including phenoxy) is 1. The van der Waals surface area contributed by atoms with E-state index < -0.39 is 18.0 Å². The van der Waals surface area contributed by atoms with E-state index in [9.17, 15) is 18.8 Å². The summed E-state index contributed by atoms with van der Waals surface area (Å²) in [5.74, 6) is -1.17. The number of benzene rings is 1. The lowest BCUT2D eigenvalue weighted by molar-refractivity contribution is -0.119. The van der Waals surface area contributed by atoms with Crippen LogP contribution in [0.3, 0.4) is 0 Å². The summed E-state index contributed by atoms with van der Waals surface area (Å²) in [5.41, 5.74) is 1.49. The molecule has 4 rings (SSSR count). The number of hydrogen-bond donors (Lipinski definition) is 1. The number of carbonyl (C=O) groups is 3. The average molecular weight is 384 g/mol. The Labute approximate surface area is 159 Å². The van der Waals surface area contributed by atoms with Gasteiger partial charge in [0.05, 0.1) is 42.3 Å². The van der Waals surface area contributed by atoms with Crippen LogP contribution in [0.25, 0.3) is 0 Å². The number of hydrogen-bond acceptors (Lipinski definition) is 5. The van der Waals surface area contributed by atoms with Crippen molar-refractivity contribution < 1.29 is 23.5 Å². The van der Waals surface area contributed by atoms with Gasteiger partial charge in [0.2, 0.25) is 5.91 Å². The maximum absolute atomic E-state index is 14.8. The molecular formula is C19H17FN4O4. The molecule has 1 unspecified atom stereocenters. The molecule has 1 aromatic carbocycles. The highest BCUT2D eigenvalue weighted by Crippen LogP contribution is 2.32. The number of amides is 3. The fourth-order valence-electron chi connectivity index (χ4n) is 3.30. The van der Waals surface area contributed by atoms with Gasteiger partial charge < -0.3 is 10.1 Å². The van der Waals surface area contributed by atoms with Crippen molar-refractivity contribution in [3.8, 4) is 0 Å². The first-order valence-corrected chi connectivity index (χ1v) is 8.72. The average Bonchev–Trinajstić information content (AvgIpc) is 3.20. The Kier molecular flexibility index (Phi) is 4.42. The predicted octanol–water partition coefficient (Wildman–Crippen LogP) is 1.84. The van der Waals surface area contributed by atoms with Crippen LogP contribution in [0, 0.1) is 5.82 Å². The third-order valence-corrected chi connectivity index (χ3v) is 4.66. The molecule has 3 amide bonds. The minimum Gasteiger partial charge on any atom is -0.442 e. The van der Waals surface area contributed by atoms with E-state index in [1.54, 1.807) is 24.4 Å². The first-order valence-electron chi connectivity index (χ1n) is 8.72. The molecule has 1 aromatic heterocycles. The van der Waals surface area contributed by atoms with Crippen molar-refractivity contribution in [1.29, 1.82) is 0 Å². The molecule has 9 heteroatoms. The maximum Gasteiger partial charge on any atom is 0.414 e. The molecule has 1 fully saturated rings. The fraction of sp³-hybridized carbons (Fsp3) is 0.263. The molecule has 1 saturated heterocycles. The summed E-state index contributed by atoms with van der Waals surface area (Å²) in [7, 11) is 0. The third kappa shape index (κ3) is 3.15. The number of nitrogens with zero attached hydrogens (tertiary/aromatic N) is 3. The number of cyclic esters (lactones) is 1. The van der Waals surface area contributed by atoms with Crippen LogP contribution in [0.5, 0.6) is 0 Å². The van der Waals surface area contributed by atoms with Gasteiger partial charge in [-0.05, 0) is 30.3 Å². The first kappa shape index (κ1) is 17.9. The number of aromatic nitrogens is 1. The molecule has 1 atom stereocenters. The Morgan fingerprint density at radius 2 is 2.14 bits per heavy atom. The normalized spacial score (nSPS) is 18.3. The SMILES string of the molecule is CC(=O)NCC1CN(c2ccc(N3Cc4ncccc4C3=O)c(F)c2)C(=O)O1. The molecule has 0 spiro atoms. The molecular weight excluding hydrogens is 367 g/mol. The molecule has 144 valence electrons. The van der Waals surface area contributed by atoms with Crippen LogP contribution in [0.1, 0.15) is 23.0 Å². The highest BCUT2D eigenvalue weighted by atomic mass is 19.1. The number of nitrogens with one attached hydrogen (secondary N) is 1. The second-order valence-corrected chi connectivity index (χ2v) is 6.58. The topological polar surface area (TPSA) is 91.8 Å². The molecule has 0 bridgehead atoms. The third-order valence-electron chi connectivity index (χ3n) is 4.66. The Hall–Kier alpha value is -3.49. The largest absolute Gasteiger partial charge is 0.442 e. The van der Waals surface area contributed by atoms with Crippen LogP contribution in [0.15, 0.2) is 36.5 Å². The van der Waals surface area contributed by atoms with Crippen LogP contribution in [0.2, 0.25) is 0 Å². The molecule has 2 aliphatic heterocycles. The summed E-state index contributed by atoms with van der Waals surface area (Å²) in [4.78, 5) is 42.4. The van der Waals surface area contributed by atoms with E-state index in [0.29, 0.717) is 16.9 Å². The highest BCUT2D eigenvalue weighted by molar-refractivity contribution is 6.09. The quantitative estimate of drug-likeness (QED) is 0.869. The van der Waals surface area contributed by atoms with Crippen molar-refractivity contribution in [2.75, 3.05) is 22.9 Å². The lowest BCUT2D eigenvalue weighted by Crippen LogP contribution is -2.33. The predicted molar refractivity (Wildman–Crippen MR) is 97.4 cm³/mol. The summed E-state index contributed by atoms with van der Waals surface area (Å²) in [5, 5.41) is 2.58. The standard InChI is InChI=1S/C19H17FN4O4/c1-11(25)22-8-13-9-23(19(27)28-13)12-4-5-17(15(20)7-12)24-10-16-14(18(24)26)3-2-6-21-16/h2-7,13H,8-10H2,1H3,(H,22,25). The van der Waals surface area contributed by atoms with Gasteiger partial charge in [0, 0.05) is 13.1 Å². The van der Waals surface area contributed by atoms with Crippen LogP contribution >= 0.6 is 0 Å². The smallest absolute Gasteiger partial charge is 0.414 e. The van der Waals surface area contributed by atoms with Crippen molar-refractivity contribution in [3.63, 3.8) is 0 Å². The van der Waals surface area contributed by atoms with Crippen LogP contribution in [0.4, 0.5) is 20.6 Å². The van der Waals surface area contributed by atoms with Gasteiger partial charge in [0.1, 0.15) is 11.9 Å². The highest BCUT2D eigenvalue weighted by Gasteiger charge is 2.34. The van der Waals surface area contributed by atoms with Gasteiger partial charge in [-0.15, -0.1) is 0 Å². The Morgan fingerprint density at radius 1 is 1.32 bits per heavy atom. The van der Waals surface area contributed by atoms with Crippen molar-refractivity contribution in [3.05, 3.63) is 53.6 Å². The molecule has 2 aliphatic rings. The van der Waals surface area contributed by atoms with E-state index in [-0.39, 0.29) is 37.1 Å². The fourth-order valence-corrected chi connectivity index (χ4v) is 3.30. The maximum atomic E-state index is 14.8. The minimum absolute atomic E-state index is 0.120. The summed E-state index contributed by atoms with van der Waals surface area (Å²) in [6.07, 6.45) is 0.460. The zero-order valence-corrected chi connectivity index (χ0v) is 15.0. The number of halogens is 1.